The van der Waals surface area contributed by atoms with Crippen LogP contribution in [0.3, 0.4) is 0 Å². The predicted octanol–water partition coefficient (Wildman–Crippen LogP) is 1.25. The number of ketones is 1. The third-order valence-electron chi connectivity index (χ3n) is 1.67. The Morgan fingerprint density at radius 2 is 2.31 bits per heavy atom. The lowest BCUT2D eigenvalue weighted by Crippen LogP contribution is -1.98. The lowest BCUT2D eigenvalue weighted by atomic mass is 10.3. The Kier molecular flexibility index (Phi) is 7.11. The quantitative estimate of drug-likeness (QED) is 0.519. The van der Waals surface area contributed by atoms with E-state index in [0.29, 0.717) is 19.3 Å². The highest BCUT2D eigenvalue weighted by atomic mass is 16.3. The minimum Gasteiger partial charge on any atom is -0.393 e. The van der Waals surface area contributed by atoms with Gasteiger partial charge in [-0.05, 0) is 18.9 Å². The van der Waals surface area contributed by atoms with E-state index in [1.807, 2.05) is 13.0 Å². The highest BCUT2D eigenvalue weighted by molar-refractivity contribution is 5.80. The molecule has 0 amide bonds. The molecule has 1 unspecified atom stereocenters. The minimum atomic E-state index is -0.326. The van der Waals surface area contributed by atoms with Crippen LogP contribution in [-0.4, -0.2) is 23.3 Å². The zero-order valence-electron chi connectivity index (χ0n) is 7.90. The first-order chi connectivity index (χ1) is 6.20. The van der Waals surface area contributed by atoms with Crippen LogP contribution in [0.1, 0.15) is 32.6 Å². The van der Waals surface area contributed by atoms with Gasteiger partial charge >= 0.3 is 0 Å². The zero-order chi connectivity index (χ0) is 10.1. The number of Topliss-reactive ketones (excluding diaryl/α,β-unsaturated/α-hetero) is 1. The van der Waals surface area contributed by atoms with Crippen molar-refractivity contribution in [1.29, 1.82) is 0 Å². The van der Waals surface area contributed by atoms with Crippen molar-refractivity contribution in [2.45, 2.75) is 38.7 Å². The molecule has 1 aliphatic carbocycles. The van der Waals surface area contributed by atoms with Crippen molar-refractivity contribution >= 4 is 12.1 Å². The van der Waals surface area contributed by atoms with Gasteiger partial charge < -0.3 is 5.11 Å². The lowest BCUT2D eigenvalue weighted by molar-refractivity contribution is -0.117. The van der Waals surface area contributed by atoms with Gasteiger partial charge in [-0.15, -0.1) is 0 Å². The molecule has 1 atom stereocenters. The van der Waals surface area contributed by atoms with E-state index in [0.717, 1.165) is 12.7 Å². The monoisotopic (exact) mass is 184 g/mol. The average molecular weight is 184 g/mol. The molecule has 0 spiro atoms. The molecule has 1 rings (SSSR count). The first kappa shape index (κ1) is 12.0. The zero-order valence-corrected chi connectivity index (χ0v) is 7.90. The van der Waals surface area contributed by atoms with Crippen LogP contribution in [0.25, 0.3) is 0 Å². The van der Waals surface area contributed by atoms with Gasteiger partial charge in [0.1, 0.15) is 12.1 Å². The summed E-state index contributed by atoms with van der Waals surface area (Å²) in [7, 11) is 0. The third kappa shape index (κ3) is 7.40. The summed E-state index contributed by atoms with van der Waals surface area (Å²) in [6.45, 7) is 1.99. The van der Waals surface area contributed by atoms with Crippen molar-refractivity contribution in [3.05, 3.63) is 12.2 Å². The normalized spacial score (nSPS) is 21.4. The number of hydrogen-bond donors (Lipinski definition) is 1. The van der Waals surface area contributed by atoms with Crippen molar-refractivity contribution in [1.82, 2.24) is 0 Å². The Morgan fingerprint density at radius 1 is 1.62 bits per heavy atom. The van der Waals surface area contributed by atoms with Crippen LogP contribution in [0.2, 0.25) is 0 Å². The van der Waals surface area contributed by atoms with E-state index < -0.39 is 0 Å². The van der Waals surface area contributed by atoms with Crippen LogP contribution in [0.4, 0.5) is 0 Å². The summed E-state index contributed by atoms with van der Waals surface area (Å²) in [5, 5.41) is 8.68. The Bertz CT molecular complexity index is 185. The number of carbonyl (C=O) groups is 2. The van der Waals surface area contributed by atoms with Crippen LogP contribution in [0.15, 0.2) is 12.2 Å². The molecule has 0 bridgehead atoms. The van der Waals surface area contributed by atoms with Crippen LogP contribution < -0.4 is 0 Å². The number of carbonyl (C=O) groups excluding carboxylic acids is 2. The van der Waals surface area contributed by atoms with Crippen LogP contribution in [0, 0.1) is 0 Å². The molecule has 0 aromatic rings. The summed E-state index contributed by atoms with van der Waals surface area (Å²) in [4.78, 5) is 19.8. The van der Waals surface area contributed by atoms with E-state index in [2.05, 4.69) is 0 Å². The third-order valence-corrected chi connectivity index (χ3v) is 1.67. The molecule has 3 nitrogen and oxygen atoms in total. The van der Waals surface area contributed by atoms with E-state index >= 15 is 0 Å². The fourth-order valence-electron chi connectivity index (χ4n) is 0.986. The number of rotatable bonds is 2. The van der Waals surface area contributed by atoms with Crippen LogP contribution >= 0.6 is 0 Å². The van der Waals surface area contributed by atoms with Crippen LogP contribution in [0.5, 0.6) is 0 Å². The SMILES string of the molecule is CC/C=C/C=O.O=C1CCC(O)C1. The van der Waals surface area contributed by atoms with Gasteiger partial charge in [0.25, 0.3) is 0 Å². The van der Waals surface area contributed by atoms with Crippen molar-refractivity contribution in [2.24, 2.45) is 0 Å². The first-order valence-electron chi connectivity index (χ1n) is 4.50. The number of aldehydes is 1. The van der Waals surface area contributed by atoms with E-state index in [4.69, 9.17) is 5.11 Å². The van der Waals surface area contributed by atoms with E-state index in [1.165, 1.54) is 6.08 Å². The van der Waals surface area contributed by atoms with Crippen molar-refractivity contribution in [2.75, 3.05) is 0 Å². The summed E-state index contributed by atoms with van der Waals surface area (Å²) in [6.07, 6.45) is 6.36. The topological polar surface area (TPSA) is 54.4 Å². The lowest BCUT2D eigenvalue weighted by Gasteiger charge is -1.90. The number of allylic oxidation sites excluding steroid dienone is 2. The smallest absolute Gasteiger partial charge is 0.142 e. The molecule has 0 radical (unpaired) electrons. The first-order valence-corrected chi connectivity index (χ1v) is 4.50. The maximum atomic E-state index is 10.3. The molecule has 0 heterocycles. The Balaban J connectivity index is 0.000000226. The van der Waals surface area contributed by atoms with Crippen molar-refractivity contribution < 1.29 is 14.7 Å². The van der Waals surface area contributed by atoms with Gasteiger partial charge in [0.05, 0.1) is 6.10 Å². The average Bonchev–Trinajstić information content (AvgIpc) is 2.47. The number of hydrogen-bond acceptors (Lipinski definition) is 3. The van der Waals surface area contributed by atoms with E-state index in [1.54, 1.807) is 0 Å². The van der Waals surface area contributed by atoms with Crippen molar-refractivity contribution in [3.63, 3.8) is 0 Å². The summed E-state index contributed by atoms with van der Waals surface area (Å²) in [5.74, 6) is 0.201. The second-order valence-electron chi connectivity index (χ2n) is 2.91. The molecule has 1 aliphatic rings. The molecule has 0 aromatic carbocycles. The largest absolute Gasteiger partial charge is 0.393 e. The fourth-order valence-corrected chi connectivity index (χ4v) is 0.986. The van der Waals surface area contributed by atoms with Gasteiger partial charge in [0.15, 0.2) is 0 Å². The number of aliphatic hydroxyl groups excluding tert-OH is 1. The Labute approximate surface area is 78.5 Å². The highest BCUT2D eigenvalue weighted by Crippen LogP contribution is 2.12. The molecule has 13 heavy (non-hydrogen) atoms. The molecule has 1 N–H and O–H groups in total. The summed E-state index contributed by atoms with van der Waals surface area (Å²) in [6, 6.07) is 0. The molecule has 74 valence electrons. The second kappa shape index (κ2) is 7.68. The molecular weight excluding hydrogens is 168 g/mol. The molecule has 1 saturated carbocycles. The van der Waals surface area contributed by atoms with Gasteiger partial charge in [-0.1, -0.05) is 13.0 Å². The maximum absolute atomic E-state index is 10.3. The molecule has 1 fully saturated rings. The van der Waals surface area contributed by atoms with Gasteiger partial charge in [0.2, 0.25) is 0 Å². The van der Waals surface area contributed by atoms with Crippen LogP contribution in [-0.2, 0) is 9.59 Å². The standard InChI is InChI=1S/C5H8O2.C5H8O/c6-4-1-2-5(7)3-4;1-2-3-4-5-6/h4,6H,1-3H2;3-5H,2H2,1H3/b;4-3+. The second-order valence-corrected chi connectivity index (χ2v) is 2.91. The molecule has 3 heteroatoms. The highest BCUT2D eigenvalue weighted by Gasteiger charge is 2.18. The van der Waals surface area contributed by atoms with Gasteiger partial charge in [-0.2, -0.15) is 0 Å². The number of aliphatic hydroxyl groups is 1. The van der Waals surface area contributed by atoms with Crippen molar-refractivity contribution in [3.8, 4) is 0 Å². The van der Waals surface area contributed by atoms with Gasteiger partial charge in [0, 0.05) is 12.8 Å². The summed E-state index contributed by atoms with van der Waals surface area (Å²) >= 11 is 0. The summed E-state index contributed by atoms with van der Waals surface area (Å²) in [5.41, 5.74) is 0. The van der Waals surface area contributed by atoms with Gasteiger partial charge in [-0.25, -0.2) is 0 Å². The maximum Gasteiger partial charge on any atom is 0.142 e. The molecule has 0 saturated heterocycles. The minimum absolute atomic E-state index is 0.201. The summed E-state index contributed by atoms with van der Waals surface area (Å²) < 4.78 is 0. The Hall–Kier alpha value is -0.960. The molecule has 0 aromatic heterocycles. The fraction of sp³-hybridized carbons (Fsp3) is 0.600. The Morgan fingerprint density at radius 3 is 2.46 bits per heavy atom. The molecular formula is C10H16O3. The van der Waals surface area contributed by atoms with E-state index in [9.17, 15) is 9.59 Å². The predicted molar refractivity (Wildman–Crippen MR) is 50.4 cm³/mol. The molecule has 0 aliphatic heterocycles. The van der Waals surface area contributed by atoms with E-state index in [-0.39, 0.29) is 11.9 Å². The van der Waals surface area contributed by atoms with Gasteiger partial charge in [-0.3, -0.25) is 9.59 Å².